The SMILES string of the molecule is Cl.Clc1ccccc1COc1ccc(Br)cc1CNCCCn1ccnc1. The molecule has 3 aromatic rings. The summed E-state index contributed by atoms with van der Waals surface area (Å²) in [5.41, 5.74) is 2.10. The van der Waals surface area contributed by atoms with Crippen LogP contribution in [0.2, 0.25) is 5.02 Å². The Morgan fingerprint density at radius 3 is 2.78 bits per heavy atom. The second-order valence-electron chi connectivity index (χ2n) is 5.96. The number of aromatic nitrogens is 2. The summed E-state index contributed by atoms with van der Waals surface area (Å²) in [5, 5.41) is 4.21. The highest BCUT2D eigenvalue weighted by Gasteiger charge is 2.07. The van der Waals surface area contributed by atoms with Crippen LogP contribution in [0, 0.1) is 0 Å². The highest BCUT2D eigenvalue weighted by atomic mass is 79.9. The highest BCUT2D eigenvalue weighted by molar-refractivity contribution is 9.10. The van der Waals surface area contributed by atoms with Crippen molar-refractivity contribution >= 4 is 39.9 Å². The van der Waals surface area contributed by atoms with Crippen molar-refractivity contribution in [2.24, 2.45) is 0 Å². The lowest BCUT2D eigenvalue weighted by molar-refractivity contribution is 0.302. The summed E-state index contributed by atoms with van der Waals surface area (Å²) >= 11 is 9.75. The van der Waals surface area contributed by atoms with Gasteiger partial charge in [0.2, 0.25) is 0 Å². The molecule has 0 aliphatic carbocycles. The number of nitrogens with one attached hydrogen (secondary N) is 1. The molecular formula is C20H22BrCl2N3O. The highest BCUT2D eigenvalue weighted by Crippen LogP contribution is 2.25. The minimum absolute atomic E-state index is 0. The fourth-order valence-corrected chi connectivity index (χ4v) is 3.23. The van der Waals surface area contributed by atoms with E-state index in [0.29, 0.717) is 6.61 Å². The molecule has 0 amide bonds. The fourth-order valence-electron chi connectivity index (χ4n) is 2.63. The van der Waals surface area contributed by atoms with Crippen LogP contribution >= 0.6 is 39.9 Å². The molecule has 27 heavy (non-hydrogen) atoms. The van der Waals surface area contributed by atoms with Crippen LogP contribution in [0.15, 0.2) is 65.7 Å². The number of hydrogen-bond donors (Lipinski definition) is 1. The van der Waals surface area contributed by atoms with Gasteiger partial charge in [-0.1, -0.05) is 45.7 Å². The molecule has 0 aliphatic heterocycles. The zero-order valence-corrected chi connectivity index (χ0v) is 17.9. The van der Waals surface area contributed by atoms with Crippen LogP contribution in [-0.2, 0) is 19.7 Å². The van der Waals surface area contributed by atoms with Crippen LogP contribution in [0.3, 0.4) is 0 Å². The number of hydrogen-bond acceptors (Lipinski definition) is 3. The van der Waals surface area contributed by atoms with Crippen LogP contribution in [-0.4, -0.2) is 16.1 Å². The summed E-state index contributed by atoms with van der Waals surface area (Å²) in [6.45, 7) is 3.09. The van der Waals surface area contributed by atoms with E-state index in [2.05, 4.69) is 36.9 Å². The molecule has 0 aliphatic rings. The Balaban J connectivity index is 0.00000261. The predicted octanol–water partition coefficient (Wildman–Crippen LogP) is 5.48. The lowest BCUT2D eigenvalue weighted by Gasteiger charge is -2.14. The predicted molar refractivity (Wildman–Crippen MR) is 116 cm³/mol. The Morgan fingerprint density at radius 1 is 1.15 bits per heavy atom. The molecule has 0 spiro atoms. The Labute approximate surface area is 179 Å². The van der Waals surface area contributed by atoms with Crippen molar-refractivity contribution in [3.8, 4) is 5.75 Å². The molecule has 1 heterocycles. The van der Waals surface area contributed by atoms with Gasteiger partial charge in [0.15, 0.2) is 0 Å². The Hall–Kier alpha value is -1.53. The molecule has 1 aromatic heterocycles. The van der Waals surface area contributed by atoms with Gasteiger partial charge in [0.25, 0.3) is 0 Å². The second-order valence-corrected chi connectivity index (χ2v) is 7.29. The van der Waals surface area contributed by atoms with E-state index in [4.69, 9.17) is 16.3 Å². The van der Waals surface area contributed by atoms with Gasteiger partial charge in [-0.15, -0.1) is 12.4 Å². The maximum absolute atomic E-state index is 6.21. The van der Waals surface area contributed by atoms with E-state index < -0.39 is 0 Å². The first kappa shape index (κ1) is 21.8. The number of ether oxygens (including phenoxy) is 1. The van der Waals surface area contributed by atoms with Crippen molar-refractivity contribution < 1.29 is 4.74 Å². The van der Waals surface area contributed by atoms with Gasteiger partial charge < -0.3 is 14.6 Å². The lowest BCUT2D eigenvalue weighted by atomic mass is 10.2. The third-order valence-corrected chi connectivity index (χ3v) is 4.87. The monoisotopic (exact) mass is 469 g/mol. The second kappa shape index (κ2) is 11.3. The van der Waals surface area contributed by atoms with E-state index >= 15 is 0 Å². The summed E-state index contributed by atoms with van der Waals surface area (Å²) in [4.78, 5) is 4.05. The number of rotatable bonds is 9. The van der Waals surface area contributed by atoms with E-state index in [0.717, 1.165) is 52.4 Å². The molecule has 2 aromatic carbocycles. The summed E-state index contributed by atoms with van der Waals surface area (Å²) in [5.74, 6) is 0.871. The standard InChI is InChI=1S/C20H21BrClN3O.ClH/c21-18-6-7-20(26-14-16-4-1-2-5-19(16)22)17(12-18)13-23-8-3-10-25-11-9-24-15-25;/h1-2,4-7,9,11-12,15,23H,3,8,10,13-14H2;1H. The molecule has 4 nitrogen and oxygen atoms in total. The largest absolute Gasteiger partial charge is 0.489 e. The summed E-state index contributed by atoms with van der Waals surface area (Å²) in [6.07, 6.45) is 6.67. The first-order valence-corrected chi connectivity index (χ1v) is 9.70. The molecular weight excluding hydrogens is 449 g/mol. The Morgan fingerprint density at radius 2 is 2.00 bits per heavy atom. The van der Waals surface area contributed by atoms with Crippen LogP contribution in [0.5, 0.6) is 5.75 Å². The third kappa shape index (κ3) is 6.85. The van der Waals surface area contributed by atoms with Crippen molar-refractivity contribution in [3.63, 3.8) is 0 Å². The van der Waals surface area contributed by atoms with Gasteiger partial charge >= 0.3 is 0 Å². The maximum atomic E-state index is 6.21. The molecule has 0 atom stereocenters. The van der Waals surface area contributed by atoms with Crippen molar-refractivity contribution in [3.05, 3.63) is 81.8 Å². The van der Waals surface area contributed by atoms with Crippen LogP contribution in [0.25, 0.3) is 0 Å². The molecule has 7 heteroatoms. The Kier molecular flexibility index (Phi) is 9.15. The van der Waals surface area contributed by atoms with Gasteiger partial charge in [-0.3, -0.25) is 0 Å². The van der Waals surface area contributed by atoms with Crippen molar-refractivity contribution in [2.45, 2.75) is 26.1 Å². The number of imidazole rings is 1. The molecule has 0 saturated carbocycles. The first-order valence-electron chi connectivity index (χ1n) is 8.53. The van der Waals surface area contributed by atoms with Crippen molar-refractivity contribution in [1.29, 1.82) is 0 Å². The molecule has 3 rings (SSSR count). The minimum Gasteiger partial charge on any atom is -0.489 e. The maximum Gasteiger partial charge on any atom is 0.124 e. The molecule has 0 fully saturated rings. The molecule has 144 valence electrons. The van der Waals surface area contributed by atoms with E-state index in [1.165, 1.54) is 0 Å². The van der Waals surface area contributed by atoms with Gasteiger partial charge in [-0.25, -0.2) is 4.98 Å². The zero-order valence-electron chi connectivity index (χ0n) is 14.8. The molecule has 0 radical (unpaired) electrons. The number of benzene rings is 2. The summed E-state index contributed by atoms with van der Waals surface area (Å²) in [6, 6.07) is 13.8. The number of nitrogens with zero attached hydrogens (tertiary/aromatic N) is 2. The van der Waals surface area contributed by atoms with Crippen molar-refractivity contribution in [2.75, 3.05) is 6.54 Å². The number of aryl methyl sites for hydroxylation is 1. The summed E-state index contributed by atoms with van der Waals surface area (Å²) in [7, 11) is 0. The lowest BCUT2D eigenvalue weighted by Crippen LogP contribution is -2.17. The van der Waals surface area contributed by atoms with Gasteiger partial charge in [-0.05, 0) is 37.2 Å². The van der Waals surface area contributed by atoms with E-state index in [1.807, 2.05) is 48.9 Å². The average molecular weight is 471 g/mol. The first-order chi connectivity index (χ1) is 12.7. The van der Waals surface area contributed by atoms with Gasteiger partial charge in [0.05, 0.1) is 6.33 Å². The molecule has 0 saturated heterocycles. The Bertz CT molecular complexity index is 828. The molecule has 1 N–H and O–H groups in total. The zero-order chi connectivity index (χ0) is 18.2. The summed E-state index contributed by atoms with van der Waals surface area (Å²) < 4.78 is 9.14. The van der Waals surface area contributed by atoms with Crippen molar-refractivity contribution in [1.82, 2.24) is 14.9 Å². The minimum atomic E-state index is 0. The van der Waals surface area contributed by atoms with Gasteiger partial charge in [0, 0.05) is 46.1 Å². The smallest absolute Gasteiger partial charge is 0.124 e. The van der Waals surface area contributed by atoms with Crippen LogP contribution in [0.4, 0.5) is 0 Å². The fraction of sp³-hybridized carbons (Fsp3) is 0.250. The van der Waals surface area contributed by atoms with Gasteiger partial charge in [-0.2, -0.15) is 0 Å². The quantitative estimate of drug-likeness (QED) is 0.421. The van der Waals surface area contributed by atoms with Crippen LogP contribution in [0.1, 0.15) is 17.5 Å². The van der Waals surface area contributed by atoms with E-state index in [-0.39, 0.29) is 12.4 Å². The van der Waals surface area contributed by atoms with E-state index in [9.17, 15) is 0 Å². The van der Waals surface area contributed by atoms with E-state index in [1.54, 1.807) is 6.20 Å². The third-order valence-electron chi connectivity index (χ3n) is 4.01. The van der Waals surface area contributed by atoms with Crippen LogP contribution < -0.4 is 10.1 Å². The number of halogens is 3. The normalized spacial score (nSPS) is 10.4. The topological polar surface area (TPSA) is 39.1 Å². The molecule has 0 unspecified atom stereocenters. The molecule has 0 bridgehead atoms. The average Bonchev–Trinajstić information content (AvgIpc) is 3.15. The van der Waals surface area contributed by atoms with Gasteiger partial charge in [0.1, 0.15) is 12.4 Å².